The molecule has 5 rings (SSSR count). The van der Waals surface area contributed by atoms with Crippen LogP contribution in [0.5, 0.6) is 0 Å². The molecule has 11 nitrogen and oxygen atoms in total. The number of halogens is 3. The van der Waals surface area contributed by atoms with Crippen LogP contribution in [0.25, 0.3) is 10.8 Å². The van der Waals surface area contributed by atoms with E-state index in [2.05, 4.69) is 25.4 Å². The number of hydrogen-bond acceptors (Lipinski definition) is 9. The number of hydrogen-bond donors (Lipinski definition) is 2. The molecule has 3 N–H and O–H groups in total. The molecule has 0 saturated carbocycles. The van der Waals surface area contributed by atoms with Crippen molar-refractivity contribution in [2.24, 2.45) is 5.92 Å². The van der Waals surface area contributed by atoms with Gasteiger partial charge in [0, 0.05) is 67.8 Å². The molecule has 4 heterocycles. The maximum absolute atomic E-state index is 13.4. The fourth-order valence-electron chi connectivity index (χ4n) is 5.87. The number of rotatable bonds is 5. The molecule has 2 saturated heterocycles. The molecule has 46 heavy (non-hydrogen) atoms. The van der Waals surface area contributed by atoms with Crippen LogP contribution in [0.4, 0.5) is 35.3 Å². The smallest absolute Gasteiger partial charge is 0.416 e. The van der Waals surface area contributed by atoms with E-state index in [0.29, 0.717) is 75.0 Å². The van der Waals surface area contributed by atoms with Gasteiger partial charge in [-0.2, -0.15) is 18.3 Å². The summed E-state index contributed by atoms with van der Waals surface area (Å²) in [6.07, 6.45) is -1.93. The van der Waals surface area contributed by atoms with Crippen molar-refractivity contribution in [3.63, 3.8) is 0 Å². The van der Waals surface area contributed by atoms with Crippen LogP contribution in [0.15, 0.2) is 30.5 Å². The summed E-state index contributed by atoms with van der Waals surface area (Å²) in [4.78, 5) is 36.1. The lowest BCUT2D eigenvalue weighted by Crippen LogP contribution is -2.52. The highest BCUT2D eigenvalue weighted by Gasteiger charge is 2.34. The van der Waals surface area contributed by atoms with Crippen LogP contribution in [-0.4, -0.2) is 81.9 Å². The van der Waals surface area contributed by atoms with Gasteiger partial charge in [0.2, 0.25) is 5.91 Å². The largest absolute Gasteiger partial charge is 0.444 e. The zero-order chi connectivity index (χ0) is 33.4. The van der Waals surface area contributed by atoms with Crippen molar-refractivity contribution in [3.8, 4) is 0 Å². The van der Waals surface area contributed by atoms with Crippen molar-refractivity contribution in [3.05, 3.63) is 47.3 Å². The Morgan fingerprint density at radius 2 is 1.63 bits per heavy atom. The summed E-state index contributed by atoms with van der Waals surface area (Å²) in [6.45, 7) is 12.3. The SMILES string of the molecule is Cc1nnc(N[C@H](C)c2cc(N)cc(C(F)(F)F)c2)c2cc(N3CCN(C(=O)C4CCN(C(=O)OC(C)(C)C)CC4)CC3)ncc12. The third-order valence-electron chi connectivity index (χ3n) is 8.40. The molecule has 2 fully saturated rings. The van der Waals surface area contributed by atoms with Crippen molar-refractivity contribution in [2.75, 3.05) is 55.2 Å². The topological polar surface area (TPSA) is 130 Å². The van der Waals surface area contributed by atoms with Crippen molar-refractivity contribution >= 4 is 40.1 Å². The number of likely N-dealkylation sites (tertiary alicyclic amines) is 1. The quantitative estimate of drug-likeness (QED) is 0.351. The van der Waals surface area contributed by atoms with E-state index >= 15 is 0 Å². The van der Waals surface area contributed by atoms with Crippen molar-refractivity contribution in [1.29, 1.82) is 0 Å². The number of nitrogen functional groups attached to an aromatic ring is 1. The number of ether oxygens (including phenoxy) is 1. The second kappa shape index (κ2) is 12.8. The van der Waals surface area contributed by atoms with E-state index in [1.165, 1.54) is 6.07 Å². The van der Waals surface area contributed by atoms with E-state index in [1.807, 2.05) is 38.7 Å². The van der Waals surface area contributed by atoms with E-state index in [1.54, 1.807) is 18.0 Å². The van der Waals surface area contributed by atoms with Crippen LogP contribution in [0.1, 0.15) is 63.4 Å². The van der Waals surface area contributed by atoms with Gasteiger partial charge in [0.15, 0.2) is 5.82 Å². The van der Waals surface area contributed by atoms with Gasteiger partial charge in [-0.25, -0.2) is 9.78 Å². The Morgan fingerprint density at radius 1 is 0.957 bits per heavy atom. The summed E-state index contributed by atoms with van der Waals surface area (Å²) in [7, 11) is 0. The standard InChI is InChI=1S/C32H41F3N8O3/c1-19(22-14-23(32(33,34)35)16-24(36)15-22)38-28-25-17-27(37-18-26(25)20(2)39-40-28)41-10-12-42(13-11-41)29(44)21-6-8-43(9-7-21)30(45)46-31(3,4)5/h14-19,21H,6-13,36H2,1-5H3,(H,38,40)/t19-/m1/s1. The summed E-state index contributed by atoms with van der Waals surface area (Å²) in [6, 6.07) is 4.85. The molecule has 0 radical (unpaired) electrons. The average molecular weight is 643 g/mol. The zero-order valence-corrected chi connectivity index (χ0v) is 26.8. The number of fused-ring (bicyclic) bond motifs is 1. The first-order valence-corrected chi connectivity index (χ1v) is 15.5. The molecule has 0 bridgehead atoms. The minimum absolute atomic E-state index is 0.0219. The number of amides is 2. The van der Waals surface area contributed by atoms with Gasteiger partial charge in [-0.15, -0.1) is 5.10 Å². The summed E-state index contributed by atoms with van der Waals surface area (Å²) >= 11 is 0. The Kier molecular flexibility index (Phi) is 9.19. The third-order valence-corrected chi connectivity index (χ3v) is 8.40. The first-order valence-electron chi connectivity index (χ1n) is 15.5. The molecule has 2 aliphatic rings. The molecule has 0 unspecified atom stereocenters. The fourth-order valence-corrected chi connectivity index (χ4v) is 5.87. The number of anilines is 3. The zero-order valence-electron chi connectivity index (χ0n) is 26.8. The normalized spacial score (nSPS) is 17.3. The number of nitrogens with zero attached hydrogens (tertiary/aromatic N) is 6. The van der Waals surface area contributed by atoms with Crippen LogP contribution in [-0.2, 0) is 15.7 Å². The molecule has 1 aromatic carbocycles. The number of benzene rings is 1. The average Bonchev–Trinajstić information content (AvgIpc) is 3.00. The van der Waals surface area contributed by atoms with Gasteiger partial charge < -0.3 is 30.5 Å². The van der Waals surface area contributed by atoms with Crippen molar-refractivity contribution in [1.82, 2.24) is 25.0 Å². The number of nitrogens with one attached hydrogen (secondary N) is 1. The minimum atomic E-state index is -4.52. The molecule has 2 aromatic heterocycles. The highest BCUT2D eigenvalue weighted by Crippen LogP contribution is 2.34. The molecule has 2 aliphatic heterocycles. The number of pyridine rings is 1. The molecule has 1 atom stereocenters. The van der Waals surface area contributed by atoms with Crippen LogP contribution in [0.2, 0.25) is 0 Å². The molecule has 0 spiro atoms. The Morgan fingerprint density at radius 3 is 2.26 bits per heavy atom. The first kappa shape index (κ1) is 33.0. The fraction of sp³-hybridized carbons (Fsp3) is 0.531. The Bertz CT molecular complexity index is 1590. The Balaban J connectivity index is 1.24. The number of carbonyl (C=O) groups is 2. The number of piperazine rings is 1. The van der Waals surface area contributed by atoms with Crippen molar-refractivity contribution in [2.45, 2.75) is 65.3 Å². The second-order valence-corrected chi connectivity index (χ2v) is 13.0. The Labute approximate surface area is 266 Å². The van der Waals surface area contributed by atoms with Crippen LogP contribution in [0, 0.1) is 12.8 Å². The highest BCUT2D eigenvalue weighted by atomic mass is 19.4. The maximum atomic E-state index is 13.4. The minimum Gasteiger partial charge on any atom is -0.444 e. The molecule has 2 amide bonds. The summed E-state index contributed by atoms with van der Waals surface area (Å²) in [5.74, 6) is 1.10. The van der Waals surface area contributed by atoms with Crippen LogP contribution >= 0.6 is 0 Å². The molecular formula is C32H41F3N8O3. The van der Waals surface area contributed by atoms with Crippen LogP contribution < -0.4 is 16.0 Å². The number of carbonyl (C=O) groups excluding carboxylic acids is 2. The van der Waals surface area contributed by atoms with E-state index in [4.69, 9.17) is 10.5 Å². The molecule has 3 aromatic rings. The number of piperidine rings is 1. The van der Waals surface area contributed by atoms with Gasteiger partial charge in [-0.3, -0.25) is 4.79 Å². The van der Waals surface area contributed by atoms with Gasteiger partial charge in [-0.1, -0.05) is 0 Å². The number of aryl methyl sites for hydroxylation is 1. The van der Waals surface area contributed by atoms with E-state index < -0.39 is 23.4 Å². The lowest BCUT2D eigenvalue weighted by atomic mass is 9.95. The monoisotopic (exact) mass is 642 g/mol. The summed E-state index contributed by atoms with van der Waals surface area (Å²) in [5, 5.41) is 13.3. The van der Waals surface area contributed by atoms with Crippen molar-refractivity contribution < 1.29 is 27.5 Å². The predicted octanol–water partition coefficient (Wildman–Crippen LogP) is 5.40. The molecule has 248 valence electrons. The predicted molar refractivity (Wildman–Crippen MR) is 169 cm³/mol. The highest BCUT2D eigenvalue weighted by molar-refractivity contribution is 5.94. The molecule has 0 aliphatic carbocycles. The van der Waals surface area contributed by atoms with Gasteiger partial charge in [-0.05, 0) is 77.3 Å². The van der Waals surface area contributed by atoms with Gasteiger partial charge in [0.05, 0.1) is 17.3 Å². The number of nitrogens with two attached hydrogens (primary N) is 1. The van der Waals surface area contributed by atoms with Gasteiger partial charge in [0.1, 0.15) is 11.4 Å². The third kappa shape index (κ3) is 7.53. The van der Waals surface area contributed by atoms with E-state index in [-0.39, 0.29) is 23.6 Å². The number of aromatic nitrogens is 3. The number of alkyl halides is 3. The lowest BCUT2D eigenvalue weighted by Gasteiger charge is -2.39. The maximum Gasteiger partial charge on any atom is 0.416 e. The lowest BCUT2D eigenvalue weighted by molar-refractivity contribution is -0.138. The summed E-state index contributed by atoms with van der Waals surface area (Å²) < 4.78 is 45.7. The first-order chi connectivity index (χ1) is 21.6. The summed E-state index contributed by atoms with van der Waals surface area (Å²) in [5.41, 5.74) is 5.48. The van der Waals surface area contributed by atoms with E-state index in [9.17, 15) is 22.8 Å². The van der Waals surface area contributed by atoms with Crippen LogP contribution in [0.3, 0.4) is 0 Å². The van der Waals surface area contributed by atoms with E-state index in [0.717, 1.165) is 22.9 Å². The second-order valence-electron chi connectivity index (χ2n) is 13.0. The molecular weight excluding hydrogens is 601 g/mol. The Hall–Kier alpha value is -4.36. The molecule has 14 heteroatoms. The van der Waals surface area contributed by atoms with Gasteiger partial charge >= 0.3 is 12.3 Å². The van der Waals surface area contributed by atoms with Gasteiger partial charge in [0.25, 0.3) is 0 Å².